The number of nitrogens with two attached hydrogens (primary N) is 1. The lowest BCUT2D eigenvalue weighted by Crippen LogP contribution is -2.33. The molecule has 4 N–H and O–H groups in total. The fourth-order valence-electron chi connectivity index (χ4n) is 7.05. The Labute approximate surface area is 263 Å². The third kappa shape index (κ3) is 5.65. The van der Waals surface area contributed by atoms with Crippen LogP contribution in [0.3, 0.4) is 0 Å². The summed E-state index contributed by atoms with van der Waals surface area (Å²) in [6.45, 7) is 2.61. The molecule has 6 rings (SSSR count). The van der Waals surface area contributed by atoms with Gasteiger partial charge >= 0.3 is 0 Å². The van der Waals surface area contributed by atoms with Crippen LogP contribution >= 0.6 is 12.1 Å². The average molecular weight is 616 g/mol. The predicted molar refractivity (Wildman–Crippen MR) is 174 cm³/mol. The van der Waals surface area contributed by atoms with E-state index in [0.717, 1.165) is 46.3 Å². The van der Waals surface area contributed by atoms with E-state index in [-0.39, 0.29) is 30.4 Å². The van der Waals surface area contributed by atoms with Crippen molar-refractivity contribution in [2.75, 3.05) is 27.8 Å². The number of benzene rings is 2. The molecule has 9 nitrogen and oxygen atoms in total. The summed E-state index contributed by atoms with van der Waals surface area (Å²) >= 11 is 1.25. The average Bonchev–Trinajstić information content (AvgIpc) is 3.69. The summed E-state index contributed by atoms with van der Waals surface area (Å²) in [5.74, 6) is 0.914. The first-order valence-corrected chi connectivity index (χ1v) is 16.2. The van der Waals surface area contributed by atoms with Crippen LogP contribution in [0, 0.1) is 17.6 Å². The van der Waals surface area contributed by atoms with E-state index in [1.54, 1.807) is 7.11 Å². The largest absolute Gasteiger partial charge is 0.497 e. The first-order chi connectivity index (χ1) is 21.2. The monoisotopic (exact) mass is 615 g/mol. The number of hydrogen-bond donors (Lipinski definition) is 3. The van der Waals surface area contributed by atoms with E-state index in [1.807, 2.05) is 43.5 Å². The van der Waals surface area contributed by atoms with Crippen LogP contribution < -0.4 is 20.5 Å². The number of carbonyl (C=O) groups is 2. The van der Waals surface area contributed by atoms with Crippen LogP contribution in [0.4, 0.5) is 0 Å². The van der Waals surface area contributed by atoms with Crippen molar-refractivity contribution in [1.82, 2.24) is 18.9 Å². The lowest BCUT2D eigenvalue weighted by atomic mass is 9.81. The maximum atomic E-state index is 13.9. The number of methoxy groups -OCH3 is 1. The van der Waals surface area contributed by atoms with E-state index in [2.05, 4.69) is 45.0 Å². The topological polar surface area (TPSA) is 111 Å². The molecular weight excluding hydrogens is 574 g/mol. The number of nitrogens with one attached hydrogen (secondary N) is 2. The minimum atomic E-state index is -0.697. The number of hydrogen-bond acceptors (Lipinski definition) is 7. The third-order valence-corrected chi connectivity index (χ3v) is 9.84. The van der Waals surface area contributed by atoms with Crippen molar-refractivity contribution in [2.45, 2.75) is 69.9 Å². The van der Waals surface area contributed by atoms with Crippen LogP contribution in [-0.4, -0.2) is 54.5 Å². The van der Waals surface area contributed by atoms with Gasteiger partial charge in [-0.05, 0) is 87.7 Å². The summed E-state index contributed by atoms with van der Waals surface area (Å²) in [6, 6.07) is 14.9. The summed E-state index contributed by atoms with van der Waals surface area (Å²) in [7, 11) is 5.44. The maximum Gasteiger partial charge on any atom is 0.262 e. The van der Waals surface area contributed by atoms with Gasteiger partial charge in [-0.15, -0.1) is 0 Å². The molecule has 232 valence electrons. The van der Waals surface area contributed by atoms with Crippen LogP contribution in [0.1, 0.15) is 78.8 Å². The van der Waals surface area contributed by atoms with Gasteiger partial charge in [0.2, 0.25) is 5.91 Å². The Morgan fingerprint density at radius 2 is 1.98 bits per heavy atom. The molecule has 2 fully saturated rings. The van der Waals surface area contributed by atoms with Crippen LogP contribution in [0.2, 0.25) is 0 Å². The molecule has 1 aliphatic heterocycles. The van der Waals surface area contributed by atoms with Gasteiger partial charge in [0.1, 0.15) is 18.5 Å². The minimum absolute atomic E-state index is 0.0107. The molecule has 2 aromatic carbocycles. The molecule has 2 amide bonds. The summed E-state index contributed by atoms with van der Waals surface area (Å²) in [5, 5.41) is 3.98. The third-order valence-electron chi connectivity index (χ3n) is 9.20. The SMILES string of the molecule is COc1ccc2c(c1)C1CC1(C(=O)NC#COCC(C)N)Cn1c-2c(C2CCCCC2)c2ccc(C(=O)NSN(C)C)cc21. The quantitative estimate of drug-likeness (QED) is 0.184. The zero-order valence-electron chi connectivity index (χ0n) is 25.9. The highest BCUT2D eigenvalue weighted by atomic mass is 32.2. The molecule has 0 spiro atoms. The van der Waals surface area contributed by atoms with Gasteiger partial charge in [-0.3, -0.25) is 19.6 Å². The first-order valence-electron chi connectivity index (χ1n) is 15.4. The lowest BCUT2D eigenvalue weighted by Gasteiger charge is -2.24. The van der Waals surface area contributed by atoms with Crippen molar-refractivity contribution in [2.24, 2.45) is 11.1 Å². The standard InChI is InChI=1S/C34H41N5O4S/c1-21(35)19-43-15-14-36-33(41)34-18-28(34)27-17-24(42-4)11-13-25(27)31-30(22-8-6-5-7-9-22)26-12-10-23(16-29(26)39(31)20-34)32(40)37-44-38(2)3/h10-13,16-17,21-22,28H,5-9,18-20,35H2,1-4H3,(H,36,41)(H,37,40). The summed E-state index contributed by atoms with van der Waals surface area (Å²) in [5.41, 5.74) is 11.4. The van der Waals surface area contributed by atoms with E-state index >= 15 is 0 Å². The predicted octanol–water partition coefficient (Wildman–Crippen LogP) is 5.10. The number of fused-ring (bicyclic) bond motifs is 7. The molecule has 1 aromatic heterocycles. The van der Waals surface area contributed by atoms with E-state index in [1.165, 1.54) is 37.0 Å². The highest BCUT2D eigenvalue weighted by molar-refractivity contribution is 7.95. The Hall–Kier alpha value is -3.65. The summed E-state index contributed by atoms with van der Waals surface area (Å²) in [6.07, 6.45) is 9.19. The van der Waals surface area contributed by atoms with E-state index < -0.39 is 5.41 Å². The molecule has 2 aliphatic carbocycles. The van der Waals surface area contributed by atoms with Gasteiger partial charge in [0, 0.05) is 52.7 Å². The van der Waals surface area contributed by atoms with Gasteiger partial charge in [0.05, 0.1) is 24.3 Å². The van der Waals surface area contributed by atoms with E-state index in [4.69, 9.17) is 15.2 Å². The number of ether oxygens (including phenoxy) is 2. The number of amides is 2. The molecule has 3 aromatic rings. The second-order valence-electron chi connectivity index (χ2n) is 12.6. The zero-order chi connectivity index (χ0) is 31.0. The molecule has 0 saturated heterocycles. The molecule has 2 saturated carbocycles. The number of carbonyl (C=O) groups excluding carboxylic acids is 2. The van der Waals surface area contributed by atoms with Crippen LogP contribution in [0.5, 0.6) is 5.75 Å². The smallest absolute Gasteiger partial charge is 0.262 e. The van der Waals surface area contributed by atoms with Crippen LogP contribution in [0.15, 0.2) is 36.4 Å². The normalized spacial score (nSPS) is 21.2. The molecule has 0 radical (unpaired) electrons. The molecular formula is C34H41N5O4S. The molecule has 44 heavy (non-hydrogen) atoms. The van der Waals surface area contributed by atoms with E-state index in [9.17, 15) is 9.59 Å². The number of aromatic nitrogens is 1. The molecule has 10 heteroatoms. The van der Waals surface area contributed by atoms with Crippen molar-refractivity contribution < 1.29 is 19.1 Å². The van der Waals surface area contributed by atoms with Crippen LogP contribution in [0.25, 0.3) is 22.2 Å². The van der Waals surface area contributed by atoms with Gasteiger partial charge in [-0.1, -0.05) is 25.3 Å². The second kappa shape index (κ2) is 12.4. The highest BCUT2D eigenvalue weighted by Crippen LogP contribution is 2.65. The molecule has 3 aliphatic rings. The van der Waals surface area contributed by atoms with Gasteiger partial charge < -0.3 is 19.8 Å². The highest BCUT2D eigenvalue weighted by Gasteiger charge is 2.62. The number of rotatable bonds is 8. The van der Waals surface area contributed by atoms with Crippen LogP contribution in [-0.2, 0) is 16.1 Å². The van der Waals surface area contributed by atoms with E-state index in [0.29, 0.717) is 24.4 Å². The second-order valence-corrected chi connectivity index (χ2v) is 13.7. The Kier molecular flexibility index (Phi) is 8.55. The molecule has 2 heterocycles. The Morgan fingerprint density at radius 1 is 1.18 bits per heavy atom. The van der Waals surface area contributed by atoms with Crippen molar-refractivity contribution in [3.05, 3.63) is 53.1 Å². The van der Waals surface area contributed by atoms with Crippen molar-refractivity contribution in [1.29, 1.82) is 0 Å². The van der Waals surface area contributed by atoms with Crippen molar-refractivity contribution >= 4 is 34.9 Å². The number of nitrogens with zero attached hydrogens (tertiary/aromatic N) is 2. The summed E-state index contributed by atoms with van der Waals surface area (Å²) < 4.78 is 18.0. The Bertz CT molecular complexity index is 1650. The fraction of sp³-hybridized carbons (Fsp3) is 0.471. The zero-order valence-corrected chi connectivity index (χ0v) is 26.7. The lowest BCUT2D eigenvalue weighted by molar-refractivity contribution is -0.125. The van der Waals surface area contributed by atoms with Gasteiger partial charge in [0.15, 0.2) is 0 Å². The Balaban J connectivity index is 1.50. The molecule has 3 atom stereocenters. The summed E-state index contributed by atoms with van der Waals surface area (Å²) in [4.78, 5) is 27.1. The van der Waals surface area contributed by atoms with Gasteiger partial charge in [-0.2, -0.15) is 0 Å². The van der Waals surface area contributed by atoms with Gasteiger partial charge in [-0.25, -0.2) is 4.31 Å². The fourth-order valence-corrected chi connectivity index (χ4v) is 7.43. The minimum Gasteiger partial charge on any atom is -0.497 e. The van der Waals surface area contributed by atoms with Crippen molar-refractivity contribution in [3.8, 4) is 29.2 Å². The van der Waals surface area contributed by atoms with Gasteiger partial charge in [0.25, 0.3) is 5.91 Å². The van der Waals surface area contributed by atoms with Crippen molar-refractivity contribution in [3.63, 3.8) is 0 Å². The maximum absolute atomic E-state index is 13.9. The molecule has 3 unspecified atom stereocenters. The molecule has 0 bridgehead atoms. The first kappa shape index (κ1) is 30.4. The Morgan fingerprint density at radius 3 is 2.70 bits per heavy atom.